The number of nitrogens with two attached hydrogens (primary N) is 3. The molecule has 0 aliphatic heterocycles. The minimum atomic E-state index is -1.97. The van der Waals surface area contributed by atoms with Gasteiger partial charge in [-0.3, -0.25) is 0 Å². The largest absolute Gasteiger partial charge is 0.416 e. The fourth-order valence-corrected chi connectivity index (χ4v) is 0.357. The second kappa shape index (κ2) is 4.64. The summed E-state index contributed by atoms with van der Waals surface area (Å²) in [7, 11) is 0. The highest BCUT2D eigenvalue weighted by atomic mass is 16.9. The van der Waals surface area contributed by atoms with Crippen molar-refractivity contribution in [2.75, 3.05) is 0 Å². The molecule has 3 amide bonds. The van der Waals surface area contributed by atoms with Crippen LogP contribution < -0.4 is 17.2 Å². The fraction of sp³-hybridized carbons (Fsp3) is 0.250. The molecule has 0 unspecified atom stereocenters. The smallest absolute Gasteiger partial charge is 0.374 e. The van der Waals surface area contributed by atoms with Crippen molar-refractivity contribution in [3.63, 3.8) is 0 Å². The van der Waals surface area contributed by atoms with Gasteiger partial charge in [0.15, 0.2) is 0 Å². The van der Waals surface area contributed by atoms with E-state index in [9.17, 15) is 14.4 Å². The molecule has 6 N–H and O–H groups in total. The van der Waals surface area contributed by atoms with E-state index >= 15 is 0 Å². The molecular weight excluding hydrogens is 186 g/mol. The van der Waals surface area contributed by atoms with Gasteiger partial charge >= 0.3 is 24.8 Å². The number of hydrogen-bond acceptors (Lipinski definition) is 6. The fourth-order valence-electron chi connectivity index (χ4n) is 0.357. The second-order valence-corrected chi connectivity index (χ2v) is 1.60. The van der Waals surface area contributed by atoms with Gasteiger partial charge in [-0.05, 0) is 0 Å². The summed E-state index contributed by atoms with van der Waals surface area (Å²) < 4.78 is 11.9. The zero-order chi connectivity index (χ0) is 10.4. The Hall–Kier alpha value is -2.19. The predicted molar refractivity (Wildman–Crippen MR) is 35.8 cm³/mol. The number of amides is 3. The van der Waals surface area contributed by atoms with E-state index in [2.05, 4.69) is 31.4 Å². The van der Waals surface area contributed by atoms with Gasteiger partial charge in [0.1, 0.15) is 0 Å². The normalized spacial score (nSPS) is 9.00. The van der Waals surface area contributed by atoms with Gasteiger partial charge in [0.05, 0.1) is 0 Å². The van der Waals surface area contributed by atoms with Gasteiger partial charge in [-0.2, -0.15) is 0 Å². The monoisotopic (exact) mass is 193 g/mol. The first-order chi connectivity index (χ1) is 5.91. The van der Waals surface area contributed by atoms with E-state index in [-0.39, 0.29) is 0 Å². The van der Waals surface area contributed by atoms with Gasteiger partial charge in [0, 0.05) is 0 Å². The van der Waals surface area contributed by atoms with Gasteiger partial charge in [-0.15, -0.1) is 0 Å². The highest BCUT2D eigenvalue weighted by Gasteiger charge is 2.19. The van der Waals surface area contributed by atoms with Crippen LogP contribution in [0.15, 0.2) is 0 Å². The SMILES string of the molecule is NC(=O)OC(OC(N)=O)OC(N)=O. The van der Waals surface area contributed by atoms with Crippen molar-refractivity contribution in [3.8, 4) is 0 Å². The first-order valence-corrected chi connectivity index (χ1v) is 2.80. The highest BCUT2D eigenvalue weighted by molar-refractivity contribution is 5.68. The second-order valence-electron chi connectivity index (χ2n) is 1.60. The maximum Gasteiger partial charge on any atom is 0.416 e. The topological polar surface area (TPSA) is 157 Å². The van der Waals surface area contributed by atoms with Crippen LogP contribution in [-0.2, 0) is 14.2 Å². The molecule has 0 aromatic carbocycles. The van der Waals surface area contributed by atoms with Crippen molar-refractivity contribution in [1.82, 2.24) is 0 Å². The Balaban J connectivity index is 4.10. The quantitative estimate of drug-likeness (QED) is 0.465. The summed E-state index contributed by atoms with van der Waals surface area (Å²) in [5, 5.41) is 0. The number of primary amides is 3. The average molecular weight is 193 g/mol. The summed E-state index contributed by atoms with van der Waals surface area (Å²) in [4.78, 5) is 30.3. The Morgan fingerprint density at radius 3 is 1.15 bits per heavy atom. The molecule has 0 bridgehead atoms. The molecular formula is C4H7N3O6. The highest BCUT2D eigenvalue weighted by Crippen LogP contribution is 1.96. The molecule has 0 aromatic rings. The summed E-state index contributed by atoms with van der Waals surface area (Å²) >= 11 is 0. The van der Waals surface area contributed by atoms with Crippen LogP contribution in [0.3, 0.4) is 0 Å². The van der Waals surface area contributed by atoms with Gasteiger partial charge in [-0.1, -0.05) is 0 Å². The molecule has 0 aliphatic rings. The third-order valence-electron chi connectivity index (χ3n) is 0.637. The molecule has 0 heterocycles. The number of ether oxygens (including phenoxy) is 3. The minimum Gasteiger partial charge on any atom is -0.374 e. The van der Waals surface area contributed by atoms with E-state index in [1.165, 1.54) is 0 Å². The first-order valence-electron chi connectivity index (χ1n) is 2.80. The van der Waals surface area contributed by atoms with E-state index in [1.54, 1.807) is 0 Å². The van der Waals surface area contributed by atoms with Crippen LogP contribution in [0.2, 0.25) is 0 Å². The maximum absolute atomic E-state index is 10.1. The lowest BCUT2D eigenvalue weighted by atomic mass is 11.0. The van der Waals surface area contributed by atoms with Gasteiger partial charge in [-0.25, -0.2) is 14.4 Å². The maximum atomic E-state index is 10.1. The molecule has 0 saturated carbocycles. The van der Waals surface area contributed by atoms with Crippen LogP contribution in [0.4, 0.5) is 14.4 Å². The predicted octanol–water partition coefficient (Wildman–Crippen LogP) is -1.44. The van der Waals surface area contributed by atoms with Crippen LogP contribution >= 0.6 is 0 Å². The van der Waals surface area contributed by atoms with Crippen molar-refractivity contribution < 1.29 is 28.6 Å². The van der Waals surface area contributed by atoms with Crippen molar-refractivity contribution in [2.24, 2.45) is 17.2 Å². The Bertz CT molecular complexity index is 190. The zero-order valence-corrected chi connectivity index (χ0v) is 6.26. The van der Waals surface area contributed by atoms with Crippen molar-refractivity contribution in [1.29, 1.82) is 0 Å². The summed E-state index contributed by atoms with van der Waals surface area (Å²) in [5.41, 5.74) is 13.6. The third kappa shape index (κ3) is 6.22. The average Bonchev–Trinajstić information content (AvgIpc) is 1.80. The number of carbonyl (C=O) groups excluding carboxylic acids is 3. The molecule has 9 nitrogen and oxygen atoms in total. The standard InChI is InChI=1S/C4H7N3O6/c5-1(8)11-4(12-2(6)9)13-3(7)10/h4H,(H2,5,8)(H2,6,9)(H2,7,10). The Kier molecular flexibility index (Phi) is 3.86. The Labute approximate surface area is 71.7 Å². The zero-order valence-electron chi connectivity index (χ0n) is 6.26. The van der Waals surface area contributed by atoms with Gasteiger partial charge < -0.3 is 31.4 Å². The van der Waals surface area contributed by atoms with Crippen LogP contribution in [0.1, 0.15) is 0 Å². The first kappa shape index (κ1) is 10.8. The molecule has 0 aromatic heterocycles. The van der Waals surface area contributed by atoms with Crippen molar-refractivity contribution in [2.45, 2.75) is 6.48 Å². The summed E-state index contributed by atoms with van der Waals surface area (Å²) in [5.74, 6) is 0. The molecule has 13 heavy (non-hydrogen) atoms. The Morgan fingerprint density at radius 2 is 1.00 bits per heavy atom. The Morgan fingerprint density at radius 1 is 0.769 bits per heavy atom. The summed E-state index contributed by atoms with van der Waals surface area (Å²) in [6.07, 6.45) is -3.98. The lowest BCUT2D eigenvalue weighted by Crippen LogP contribution is -2.35. The molecule has 0 rings (SSSR count). The van der Waals surface area contributed by atoms with E-state index < -0.39 is 24.8 Å². The third-order valence-corrected chi connectivity index (χ3v) is 0.637. The summed E-state index contributed by atoms with van der Waals surface area (Å²) in [6.45, 7) is -1.97. The van der Waals surface area contributed by atoms with E-state index in [0.717, 1.165) is 0 Å². The number of hydrogen-bond donors (Lipinski definition) is 3. The van der Waals surface area contributed by atoms with Crippen molar-refractivity contribution in [3.05, 3.63) is 0 Å². The number of rotatable bonds is 3. The number of carbonyl (C=O) groups is 3. The molecule has 0 spiro atoms. The van der Waals surface area contributed by atoms with Crippen LogP contribution in [-0.4, -0.2) is 24.8 Å². The van der Waals surface area contributed by atoms with E-state index in [1.807, 2.05) is 0 Å². The molecule has 74 valence electrons. The van der Waals surface area contributed by atoms with Crippen LogP contribution in [0, 0.1) is 0 Å². The van der Waals surface area contributed by atoms with E-state index in [0.29, 0.717) is 0 Å². The van der Waals surface area contributed by atoms with Gasteiger partial charge in [0.25, 0.3) is 0 Å². The molecule has 9 heteroatoms. The molecule has 0 saturated heterocycles. The van der Waals surface area contributed by atoms with Crippen molar-refractivity contribution >= 4 is 18.3 Å². The lowest BCUT2D eigenvalue weighted by Gasteiger charge is -2.13. The van der Waals surface area contributed by atoms with Crippen LogP contribution in [0.5, 0.6) is 0 Å². The van der Waals surface area contributed by atoms with E-state index in [4.69, 9.17) is 0 Å². The molecule has 0 atom stereocenters. The molecule has 0 aliphatic carbocycles. The minimum absolute atomic E-state index is 1.33. The van der Waals surface area contributed by atoms with Gasteiger partial charge in [0.2, 0.25) is 0 Å². The molecule has 0 fully saturated rings. The lowest BCUT2D eigenvalue weighted by molar-refractivity contribution is -0.192. The summed E-state index contributed by atoms with van der Waals surface area (Å²) in [6, 6.07) is 0. The molecule has 0 radical (unpaired) electrons. The van der Waals surface area contributed by atoms with Crippen LogP contribution in [0.25, 0.3) is 0 Å².